The summed E-state index contributed by atoms with van der Waals surface area (Å²) in [6, 6.07) is 21.4. The first-order chi connectivity index (χ1) is 21.2. The summed E-state index contributed by atoms with van der Waals surface area (Å²) in [5.74, 6) is -1.98. The molecule has 1 aromatic heterocycles. The van der Waals surface area contributed by atoms with Crippen LogP contribution in [0.1, 0.15) is 56.1 Å². The number of thiazole rings is 1. The average Bonchev–Trinajstić information content (AvgIpc) is 3.55. The fraction of sp³-hybridized carbons (Fsp3) is 0.200. The summed E-state index contributed by atoms with van der Waals surface area (Å²) in [5, 5.41) is 11.8. The molecule has 9 heteroatoms. The van der Waals surface area contributed by atoms with Gasteiger partial charge in [-0.05, 0) is 60.7 Å². The number of hydrogen-bond donors (Lipinski definition) is 1. The number of carbonyl (C=O) groups excluding carboxylic acids is 3. The highest BCUT2D eigenvalue weighted by atomic mass is 32.1. The normalized spacial score (nSPS) is 15.8. The van der Waals surface area contributed by atoms with Crippen molar-refractivity contribution < 1.29 is 29.0 Å². The summed E-state index contributed by atoms with van der Waals surface area (Å²) in [6.45, 7) is 9.47. The highest BCUT2D eigenvalue weighted by Crippen LogP contribution is 2.44. The molecule has 1 N–H and O–H groups in total. The van der Waals surface area contributed by atoms with Crippen LogP contribution in [0.5, 0.6) is 5.75 Å². The van der Waals surface area contributed by atoms with Crippen molar-refractivity contribution in [1.82, 2.24) is 4.98 Å². The van der Waals surface area contributed by atoms with Crippen LogP contribution in [0.25, 0.3) is 5.76 Å². The van der Waals surface area contributed by atoms with Gasteiger partial charge in [0.05, 0.1) is 17.3 Å². The number of aliphatic hydroxyl groups is 1. The molecular weight excluding hydrogens is 576 g/mol. The van der Waals surface area contributed by atoms with Gasteiger partial charge in [-0.15, -0.1) is 0 Å². The second-order valence-corrected chi connectivity index (χ2v) is 11.3. The van der Waals surface area contributed by atoms with E-state index in [1.807, 2.05) is 68.4 Å². The van der Waals surface area contributed by atoms with Crippen LogP contribution in [0.15, 0.2) is 91.0 Å². The third-order valence-corrected chi connectivity index (χ3v) is 8.48. The number of hydrogen-bond acceptors (Lipinski definition) is 8. The molecule has 1 aliphatic rings. The third kappa shape index (κ3) is 6.05. The zero-order valence-electron chi connectivity index (χ0n) is 24.7. The highest BCUT2D eigenvalue weighted by Gasteiger charge is 2.48. The van der Waals surface area contributed by atoms with Crippen molar-refractivity contribution in [3.63, 3.8) is 0 Å². The number of ketones is 1. The number of nitrogens with zero attached hydrogens (tertiary/aromatic N) is 2. The van der Waals surface area contributed by atoms with E-state index in [4.69, 9.17) is 9.47 Å². The van der Waals surface area contributed by atoms with E-state index in [1.165, 1.54) is 11.0 Å². The van der Waals surface area contributed by atoms with Crippen molar-refractivity contribution in [2.24, 2.45) is 0 Å². The molecule has 44 heavy (non-hydrogen) atoms. The lowest BCUT2D eigenvalue weighted by molar-refractivity contribution is -0.132. The van der Waals surface area contributed by atoms with Gasteiger partial charge < -0.3 is 14.6 Å². The number of Topliss-reactive ketones (excluding diaryl/α,β-unsaturated/α-hetero) is 1. The number of aromatic nitrogens is 1. The van der Waals surface area contributed by atoms with Crippen molar-refractivity contribution in [2.75, 3.05) is 11.5 Å². The molecule has 8 nitrogen and oxygen atoms in total. The van der Waals surface area contributed by atoms with E-state index in [0.717, 1.165) is 34.4 Å². The molecule has 0 saturated carbocycles. The molecule has 3 aromatic carbocycles. The predicted octanol–water partition coefficient (Wildman–Crippen LogP) is 6.87. The Hall–Kier alpha value is -5.02. The largest absolute Gasteiger partial charge is 0.507 e. The summed E-state index contributed by atoms with van der Waals surface area (Å²) < 4.78 is 11.2. The van der Waals surface area contributed by atoms with Crippen LogP contribution in [-0.2, 0) is 27.4 Å². The Morgan fingerprint density at radius 1 is 1.05 bits per heavy atom. The van der Waals surface area contributed by atoms with Gasteiger partial charge in [-0.25, -0.2) is 9.78 Å². The minimum Gasteiger partial charge on any atom is -0.507 e. The van der Waals surface area contributed by atoms with Gasteiger partial charge in [0.1, 0.15) is 29.6 Å². The molecule has 224 valence electrons. The van der Waals surface area contributed by atoms with Crippen molar-refractivity contribution >= 4 is 39.9 Å². The second kappa shape index (κ2) is 13.1. The van der Waals surface area contributed by atoms with Gasteiger partial charge in [0.25, 0.3) is 5.78 Å². The number of rotatable bonds is 10. The zero-order chi connectivity index (χ0) is 31.4. The Kier molecular flexibility index (Phi) is 9.06. The van der Waals surface area contributed by atoms with Crippen LogP contribution in [0.3, 0.4) is 0 Å². The van der Waals surface area contributed by atoms with E-state index in [-0.39, 0.29) is 27.9 Å². The fourth-order valence-corrected chi connectivity index (χ4v) is 5.99. The molecule has 1 fully saturated rings. The van der Waals surface area contributed by atoms with Crippen molar-refractivity contribution in [1.29, 1.82) is 0 Å². The number of aryl methyl sites for hydroxylation is 3. The standard InChI is InChI=1S/C35H32N2O6S/c1-5-18-42-34(41)32-22(4)36-35(44-32)37-29(25-14-12-23(6-2)13-15-25)28(31(39)33(37)40)30(38)26-16-17-27(21(3)19-26)43-20-24-10-8-7-9-11-24/h5,7-17,19,29,38H,1,6,18,20H2,2-4H3/b30-28-. The minimum absolute atomic E-state index is 0.0231. The van der Waals surface area contributed by atoms with Crippen molar-refractivity contribution in [2.45, 2.75) is 39.8 Å². The number of carbonyl (C=O) groups is 3. The zero-order valence-corrected chi connectivity index (χ0v) is 25.5. The molecule has 1 unspecified atom stereocenters. The van der Waals surface area contributed by atoms with Gasteiger partial charge in [0, 0.05) is 5.56 Å². The summed E-state index contributed by atoms with van der Waals surface area (Å²) in [5.41, 5.74) is 4.12. The Labute approximate surface area is 259 Å². The van der Waals surface area contributed by atoms with Gasteiger partial charge >= 0.3 is 11.9 Å². The van der Waals surface area contributed by atoms with Gasteiger partial charge in [0.15, 0.2) is 5.13 Å². The topological polar surface area (TPSA) is 106 Å². The van der Waals surface area contributed by atoms with Crippen molar-refractivity contribution in [3.05, 3.63) is 129 Å². The summed E-state index contributed by atoms with van der Waals surface area (Å²) in [6.07, 6.45) is 2.26. The maximum atomic E-state index is 13.6. The Bertz CT molecular complexity index is 1760. The lowest BCUT2D eigenvalue weighted by Gasteiger charge is -2.23. The number of amides is 1. The molecule has 4 aromatic rings. The van der Waals surface area contributed by atoms with Gasteiger partial charge in [-0.2, -0.15) is 0 Å². The number of anilines is 1. The van der Waals surface area contributed by atoms with E-state index < -0.39 is 23.7 Å². The highest BCUT2D eigenvalue weighted by molar-refractivity contribution is 7.17. The molecule has 2 heterocycles. The quantitative estimate of drug-likeness (QED) is 0.0689. The van der Waals surface area contributed by atoms with Gasteiger partial charge in [0.2, 0.25) is 0 Å². The predicted molar refractivity (Wildman–Crippen MR) is 170 cm³/mol. The summed E-state index contributed by atoms with van der Waals surface area (Å²) in [4.78, 5) is 45.8. The Morgan fingerprint density at radius 3 is 2.43 bits per heavy atom. The van der Waals surface area contributed by atoms with E-state index in [2.05, 4.69) is 11.6 Å². The molecule has 1 saturated heterocycles. The molecule has 1 aliphatic heterocycles. The van der Waals surface area contributed by atoms with Crippen LogP contribution >= 0.6 is 11.3 Å². The van der Waals surface area contributed by atoms with Gasteiger partial charge in [-0.3, -0.25) is 14.5 Å². The lowest BCUT2D eigenvalue weighted by Crippen LogP contribution is -2.29. The maximum absolute atomic E-state index is 13.6. The molecule has 1 amide bonds. The van der Waals surface area contributed by atoms with E-state index in [1.54, 1.807) is 25.1 Å². The first kappa shape index (κ1) is 30.4. The molecule has 0 bridgehead atoms. The molecule has 0 aliphatic carbocycles. The molecule has 5 rings (SSSR count). The first-order valence-electron chi connectivity index (χ1n) is 14.2. The number of benzene rings is 3. The number of aliphatic hydroxyl groups excluding tert-OH is 1. The molecule has 0 spiro atoms. The molecule has 1 atom stereocenters. The summed E-state index contributed by atoms with van der Waals surface area (Å²) in [7, 11) is 0. The van der Waals surface area contributed by atoms with Crippen LogP contribution in [0, 0.1) is 13.8 Å². The number of esters is 1. The molecule has 0 radical (unpaired) electrons. The first-order valence-corrected chi connectivity index (χ1v) is 15.0. The third-order valence-electron chi connectivity index (χ3n) is 7.34. The maximum Gasteiger partial charge on any atom is 0.350 e. The Balaban J connectivity index is 1.56. The second-order valence-electron chi connectivity index (χ2n) is 10.3. The number of ether oxygens (including phenoxy) is 2. The minimum atomic E-state index is -0.974. The van der Waals surface area contributed by atoms with Crippen LogP contribution in [0.4, 0.5) is 5.13 Å². The van der Waals surface area contributed by atoms with Crippen LogP contribution in [0.2, 0.25) is 0 Å². The van der Waals surface area contributed by atoms with E-state index in [0.29, 0.717) is 29.2 Å². The monoisotopic (exact) mass is 608 g/mol. The fourth-order valence-electron chi connectivity index (χ4n) is 5.01. The van der Waals surface area contributed by atoms with Crippen LogP contribution < -0.4 is 9.64 Å². The van der Waals surface area contributed by atoms with Crippen molar-refractivity contribution in [3.8, 4) is 5.75 Å². The van der Waals surface area contributed by atoms with Crippen LogP contribution in [-0.4, -0.2) is 34.4 Å². The SMILES string of the molecule is C=CCOC(=O)c1sc(N2C(=O)C(=O)/C(=C(\O)c3ccc(OCc4ccccc4)c(C)c3)C2c2ccc(CC)cc2)nc1C. The lowest BCUT2D eigenvalue weighted by atomic mass is 9.94. The molecular formula is C35H32N2O6S. The van der Waals surface area contributed by atoms with E-state index in [9.17, 15) is 19.5 Å². The summed E-state index contributed by atoms with van der Waals surface area (Å²) >= 11 is 0.957. The van der Waals surface area contributed by atoms with E-state index >= 15 is 0 Å². The van der Waals surface area contributed by atoms with Gasteiger partial charge in [-0.1, -0.05) is 85.5 Å². The average molecular weight is 609 g/mol. The Morgan fingerprint density at radius 2 is 1.77 bits per heavy atom. The smallest absolute Gasteiger partial charge is 0.350 e.